The molecule has 1 saturated heterocycles. The minimum atomic E-state index is -0.284. The summed E-state index contributed by atoms with van der Waals surface area (Å²) >= 11 is 0. The molecule has 3 rings (SSSR count). The molecule has 128 valence electrons. The minimum Gasteiger partial charge on any atom is -0.479 e. The van der Waals surface area contributed by atoms with Gasteiger partial charge in [0.15, 0.2) is 5.82 Å². The van der Waals surface area contributed by atoms with Gasteiger partial charge in [0.2, 0.25) is 5.91 Å². The lowest BCUT2D eigenvalue weighted by Crippen LogP contribution is -2.42. The lowest BCUT2D eigenvalue weighted by Gasteiger charge is -2.32. The highest BCUT2D eigenvalue weighted by molar-refractivity contribution is 5.76. The van der Waals surface area contributed by atoms with E-state index in [1.807, 2.05) is 13.0 Å². The van der Waals surface area contributed by atoms with E-state index in [1.165, 1.54) is 7.11 Å². The molecule has 0 N–H and O–H groups in total. The maximum absolute atomic E-state index is 12.4. The van der Waals surface area contributed by atoms with Crippen LogP contribution in [0.4, 0.5) is 0 Å². The fourth-order valence-corrected chi connectivity index (χ4v) is 2.55. The first kappa shape index (κ1) is 16.4. The number of nitrogens with zero attached hydrogens (tertiary/aromatic N) is 4. The highest BCUT2D eigenvalue weighted by Gasteiger charge is 2.27. The van der Waals surface area contributed by atoms with E-state index in [-0.39, 0.29) is 12.0 Å². The van der Waals surface area contributed by atoms with Crippen molar-refractivity contribution in [3.8, 4) is 5.88 Å². The van der Waals surface area contributed by atoms with Crippen LogP contribution in [0.2, 0.25) is 0 Å². The third kappa shape index (κ3) is 3.88. The highest BCUT2D eigenvalue weighted by Crippen LogP contribution is 2.20. The molecule has 1 fully saturated rings. The predicted octanol–water partition coefficient (Wildman–Crippen LogP) is 1.31. The number of carbonyl (C=O) groups excluding carboxylic acids is 1. The molecule has 2 aromatic rings. The molecule has 0 bridgehead atoms. The average molecular weight is 332 g/mol. The molecule has 0 spiro atoms. The summed E-state index contributed by atoms with van der Waals surface area (Å²) in [6, 6.07) is 3.52. The first-order valence-electron chi connectivity index (χ1n) is 7.84. The number of ether oxygens (including phenoxy) is 2. The van der Waals surface area contributed by atoms with Crippen LogP contribution in [0, 0.1) is 6.92 Å². The van der Waals surface area contributed by atoms with Gasteiger partial charge in [-0.2, -0.15) is 0 Å². The fraction of sp³-hybridized carbons (Fsp3) is 0.500. The molecule has 0 aliphatic carbocycles. The molecule has 0 radical (unpaired) electrons. The van der Waals surface area contributed by atoms with E-state index in [1.54, 1.807) is 17.2 Å². The molecule has 0 saturated carbocycles. The highest BCUT2D eigenvalue weighted by atomic mass is 16.5. The zero-order valence-corrected chi connectivity index (χ0v) is 13.8. The van der Waals surface area contributed by atoms with Crippen LogP contribution < -0.4 is 4.74 Å². The average Bonchev–Trinajstić information content (AvgIpc) is 3.08. The molecule has 1 atom stereocenters. The van der Waals surface area contributed by atoms with E-state index in [9.17, 15) is 4.79 Å². The van der Waals surface area contributed by atoms with Gasteiger partial charge in [-0.3, -0.25) is 4.79 Å². The van der Waals surface area contributed by atoms with Crippen molar-refractivity contribution in [3.05, 3.63) is 35.6 Å². The number of carbonyl (C=O) groups is 1. The van der Waals surface area contributed by atoms with Crippen LogP contribution in [0.3, 0.4) is 0 Å². The maximum Gasteiger partial charge on any atom is 0.254 e. The van der Waals surface area contributed by atoms with Gasteiger partial charge in [-0.15, -0.1) is 0 Å². The Hall–Kier alpha value is -2.48. The Balaban J connectivity index is 1.56. The summed E-state index contributed by atoms with van der Waals surface area (Å²) in [5, 5.41) is 3.73. The molecule has 1 amide bonds. The summed E-state index contributed by atoms with van der Waals surface area (Å²) in [5.74, 6) is 1.71. The molecule has 8 heteroatoms. The molecule has 1 unspecified atom stereocenters. The number of methoxy groups -OCH3 is 1. The van der Waals surface area contributed by atoms with Crippen molar-refractivity contribution >= 4 is 5.91 Å². The number of hydrogen-bond donors (Lipinski definition) is 0. The van der Waals surface area contributed by atoms with Gasteiger partial charge in [0, 0.05) is 37.3 Å². The molecule has 1 aliphatic rings. The Kier molecular flexibility index (Phi) is 5.05. The number of hydrogen-bond acceptors (Lipinski definition) is 7. The molecule has 0 aromatic carbocycles. The molecular formula is C16H20N4O4. The second kappa shape index (κ2) is 7.39. The van der Waals surface area contributed by atoms with Crippen molar-refractivity contribution in [3.63, 3.8) is 0 Å². The van der Waals surface area contributed by atoms with Gasteiger partial charge >= 0.3 is 0 Å². The molecule has 8 nitrogen and oxygen atoms in total. The SMILES string of the molecule is COc1cc(CCC(=O)N2CCOC(c3nccc(C)n3)C2)on1. The van der Waals surface area contributed by atoms with Crippen LogP contribution in [0.1, 0.15) is 29.8 Å². The summed E-state index contributed by atoms with van der Waals surface area (Å²) in [6.07, 6.45) is 2.25. The second-order valence-corrected chi connectivity index (χ2v) is 5.59. The Labute approximate surface area is 139 Å². The monoisotopic (exact) mass is 332 g/mol. The number of rotatable bonds is 5. The van der Waals surface area contributed by atoms with Crippen LogP contribution in [0.5, 0.6) is 5.88 Å². The predicted molar refractivity (Wildman–Crippen MR) is 83.4 cm³/mol. The first-order valence-corrected chi connectivity index (χ1v) is 7.84. The topological polar surface area (TPSA) is 90.6 Å². The van der Waals surface area contributed by atoms with E-state index in [4.69, 9.17) is 14.0 Å². The summed E-state index contributed by atoms with van der Waals surface area (Å²) in [6.45, 7) is 3.41. The summed E-state index contributed by atoms with van der Waals surface area (Å²) in [5.41, 5.74) is 0.881. The Bertz CT molecular complexity index is 703. The lowest BCUT2D eigenvalue weighted by molar-refractivity contribution is -0.139. The number of morpholine rings is 1. The molecule has 2 aromatic heterocycles. The fourth-order valence-electron chi connectivity index (χ4n) is 2.55. The van der Waals surface area contributed by atoms with E-state index in [0.29, 0.717) is 50.0 Å². The third-order valence-corrected chi connectivity index (χ3v) is 3.85. The van der Waals surface area contributed by atoms with Crippen molar-refractivity contribution in [1.82, 2.24) is 20.0 Å². The van der Waals surface area contributed by atoms with Crippen LogP contribution in [0.25, 0.3) is 0 Å². The summed E-state index contributed by atoms with van der Waals surface area (Å²) in [4.78, 5) is 22.8. The van der Waals surface area contributed by atoms with Crippen molar-refractivity contribution in [2.24, 2.45) is 0 Å². The van der Waals surface area contributed by atoms with Crippen LogP contribution in [-0.2, 0) is 16.0 Å². The Morgan fingerprint density at radius 2 is 2.38 bits per heavy atom. The van der Waals surface area contributed by atoms with E-state index in [2.05, 4.69) is 15.1 Å². The van der Waals surface area contributed by atoms with Gasteiger partial charge in [0.05, 0.1) is 20.3 Å². The summed E-state index contributed by atoms with van der Waals surface area (Å²) in [7, 11) is 1.52. The van der Waals surface area contributed by atoms with Gasteiger partial charge in [-0.1, -0.05) is 0 Å². The Morgan fingerprint density at radius 1 is 1.50 bits per heavy atom. The second-order valence-electron chi connectivity index (χ2n) is 5.59. The normalized spacial score (nSPS) is 17.8. The van der Waals surface area contributed by atoms with Crippen molar-refractivity contribution in [2.45, 2.75) is 25.9 Å². The van der Waals surface area contributed by atoms with Crippen molar-refractivity contribution in [2.75, 3.05) is 26.8 Å². The molecule has 1 aliphatic heterocycles. The molecule has 24 heavy (non-hydrogen) atoms. The maximum atomic E-state index is 12.4. The standard InChI is InChI=1S/C16H20N4O4/c1-11-5-6-17-16(18-11)13-10-20(7-8-23-13)15(21)4-3-12-9-14(22-2)19-24-12/h5-6,9,13H,3-4,7-8,10H2,1-2H3. The number of aryl methyl sites for hydroxylation is 2. The van der Waals surface area contributed by atoms with E-state index >= 15 is 0 Å². The van der Waals surface area contributed by atoms with Crippen LogP contribution in [-0.4, -0.2) is 52.7 Å². The van der Waals surface area contributed by atoms with E-state index < -0.39 is 0 Å². The molecular weight excluding hydrogens is 312 g/mol. The van der Waals surface area contributed by atoms with Gasteiger partial charge in [-0.05, 0) is 18.1 Å². The minimum absolute atomic E-state index is 0.0475. The first-order chi connectivity index (χ1) is 11.7. The van der Waals surface area contributed by atoms with Crippen molar-refractivity contribution < 1.29 is 18.8 Å². The number of amides is 1. The zero-order valence-electron chi connectivity index (χ0n) is 13.8. The summed E-state index contributed by atoms with van der Waals surface area (Å²) < 4.78 is 15.8. The molecule has 3 heterocycles. The van der Waals surface area contributed by atoms with Crippen LogP contribution >= 0.6 is 0 Å². The smallest absolute Gasteiger partial charge is 0.254 e. The largest absolute Gasteiger partial charge is 0.479 e. The van der Waals surface area contributed by atoms with Crippen LogP contribution in [0.15, 0.2) is 22.9 Å². The van der Waals surface area contributed by atoms with E-state index in [0.717, 1.165) is 5.69 Å². The van der Waals surface area contributed by atoms with Gasteiger partial charge in [0.1, 0.15) is 11.9 Å². The number of aromatic nitrogens is 3. The van der Waals surface area contributed by atoms with Gasteiger partial charge < -0.3 is 18.9 Å². The Morgan fingerprint density at radius 3 is 3.12 bits per heavy atom. The quantitative estimate of drug-likeness (QED) is 0.815. The third-order valence-electron chi connectivity index (χ3n) is 3.85. The van der Waals surface area contributed by atoms with Crippen molar-refractivity contribution in [1.29, 1.82) is 0 Å². The zero-order chi connectivity index (χ0) is 16.9. The van der Waals surface area contributed by atoms with Gasteiger partial charge in [0.25, 0.3) is 5.88 Å². The van der Waals surface area contributed by atoms with Gasteiger partial charge in [-0.25, -0.2) is 9.97 Å². The lowest BCUT2D eigenvalue weighted by atomic mass is 10.2.